The van der Waals surface area contributed by atoms with Gasteiger partial charge >= 0.3 is 0 Å². The van der Waals surface area contributed by atoms with Crippen LogP contribution in [0, 0.1) is 18.3 Å². The quantitative estimate of drug-likeness (QED) is 0.905. The maximum atomic E-state index is 9.04. The number of aromatic nitrogens is 2. The molecule has 0 saturated carbocycles. The molecular weight excluding hydrogens is 240 g/mol. The van der Waals surface area contributed by atoms with Crippen molar-refractivity contribution in [2.24, 2.45) is 7.05 Å². The fraction of sp³-hybridized carbons (Fsp3) is 0.286. The summed E-state index contributed by atoms with van der Waals surface area (Å²) in [6, 6.07) is 9.92. The highest BCUT2D eigenvalue weighted by atomic mass is 16.5. The summed E-state index contributed by atoms with van der Waals surface area (Å²) < 4.78 is 7.15. The van der Waals surface area contributed by atoms with Crippen molar-refractivity contribution in [2.45, 2.75) is 13.3 Å². The van der Waals surface area contributed by atoms with Gasteiger partial charge in [0.2, 0.25) is 0 Å². The first-order valence-corrected chi connectivity index (χ1v) is 6.02. The van der Waals surface area contributed by atoms with E-state index >= 15 is 0 Å². The Bertz CT molecular complexity index is 625. The van der Waals surface area contributed by atoms with E-state index in [1.54, 1.807) is 7.05 Å². The minimum atomic E-state index is 0.396. The molecule has 2 rings (SSSR count). The fourth-order valence-electron chi connectivity index (χ4n) is 1.86. The van der Waals surface area contributed by atoms with Crippen LogP contribution in [-0.2, 0) is 13.5 Å². The Morgan fingerprint density at radius 2 is 2.26 bits per heavy atom. The van der Waals surface area contributed by atoms with Crippen molar-refractivity contribution >= 4 is 5.82 Å². The number of nitrogens with zero attached hydrogens (tertiary/aromatic N) is 3. The van der Waals surface area contributed by atoms with Gasteiger partial charge in [-0.05, 0) is 24.6 Å². The molecule has 0 bridgehead atoms. The number of hydrogen-bond donors (Lipinski definition) is 1. The van der Waals surface area contributed by atoms with Crippen LogP contribution in [0.2, 0.25) is 0 Å². The second-order valence-corrected chi connectivity index (χ2v) is 4.36. The summed E-state index contributed by atoms with van der Waals surface area (Å²) in [5.74, 6) is 1.22. The molecule has 0 amide bonds. The van der Waals surface area contributed by atoms with Gasteiger partial charge in [0.25, 0.3) is 0 Å². The van der Waals surface area contributed by atoms with Crippen molar-refractivity contribution in [1.82, 2.24) is 9.78 Å². The SMILES string of the molecule is Cc1cccc(OCCc2nn(C)c(N)c2C#N)c1. The van der Waals surface area contributed by atoms with E-state index in [1.807, 2.05) is 31.2 Å². The Balaban J connectivity index is 2.00. The van der Waals surface area contributed by atoms with E-state index in [1.165, 1.54) is 4.68 Å². The van der Waals surface area contributed by atoms with Crippen LogP contribution in [0.15, 0.2) is 24.3 Å². The molecular formula is C14H16N4O. The zero-order valence-corrected chi connectivity index (χ0v) is 11.1. The highest BCUT2D eigenvalue weighted by Crippen LogP contribution is 2.16. The maximum absolute atomic E-state index is 9.04. The molecule has 0 spiro atoms. The fourth-order valence-corrected chi connectivity index (χ4v) is 1.86. The summed E-state index contributed by atoms with van der Waals surface area (Å²) in [5.41, 5.74) is 8.02. The van der Waals surface area contributed by atoms with Gasteiger partial charge in [-0.1, -0.05) is 12.1 Å². The van der Waals surface area contributed by atoms with Gasteiger partial charge in [-0.25, -0.2) is 0 Å². The largest absolute Gasteiger partial charge is 0.493 e. The zero-order chi connectivity index (χ0) is 13.8. The van der Waals surface area contributed by atoms with E-state index < -0.39 is 0 Å². The number of nitrogen functional groups attached to an aromatic ring is 1. The van der Waals surface area contributed by atoms with E-state index in [-0.39, 0.29) is 0 Å². The van der Waals surface area contributed by atoms with Gasteiger partial charge in [0, 0.05) is 13.5 Å². The molecule has 5 heteroatoms. The van der Waals surface area contributed by atoms with Crippen LogP contribution in [0.1, 0.15) is 16.8 Å². The lowest BCUT2D eigenvalue weighted by molar-refractivity contribution is 0.320. The van der Waals surface area contributed by atoms with Gasteiger partial charge in [-0.15, -0.1) is 0 Å². The topological polar surface area (TPSA) is 76.9 Å². The molecule has 1 aromatic heterocycles. The van der Waals surface area contributed by atoms with Gasteiger partial charge in [-0.2, -0.15) is 10.4 Å². The molecule has 19 heavy (non-hydrogen) atoms. The highest BCUT2D eigenvalue weighted by molar-refractivity contribution is 5.51. The second-order valence-electron chi connectivity index (χ2n) is 4.36. The average molecular weight is 256 g/mol. The van der Waals surface area contributed by atoms with Crippen molar-refractivity contribution in [3.05, 3.63) is 41.1 Å². The normalized spacial score (nSPS) is 10.2. The number of aryl methyl sites for hydroxylation is 2. The van der Waals surface area contributed by atoms with Crippen LogP contribution >= 0.6 is 0 Å². The molecule has 5 nitrogen and oxygen atoms in total. The van der Waals surface area contributed by atoms with E-state index in [9.17, 15) is 0 Å². The van der Waals surface area contributed by atoms with E-state index in [0.29, 0.717) is 30.1 Å². The highest BCUT2D eigenvalue weighted by Gasteiger charge is 2.13. The van der Waals surface area contributed by atoms with E-state index in [0.717, 1.165) is 11.3 Å². The molecule has 0 aliphatic rings. The standard InChI is InChI=1S/C14H16N4O/c1-10-4-3-5-11(8-10)19-7-6-13-12(9-15)14(16)18(2)17-13/h3-5,8H,6-7,16H2,1-2H3. The first-order valence-electron chi connectivity index (χ1n) is 6.02. The number of ether oxygens (including phenoxy) is 1. The van der Waals surface area contributed by atoms with Crippen LogP contribution in [0.3, 0.4) is 0 Å². The van der Waals surface area contributed by atoms with Crippen molar-refractivity contribution in [3.8, 4) is 11.8 Å². The lowest BCUT2D eigenvalue weighted by atomic mass is 10.2. The van der Waals surface area contributed by atoms with E-state index in [2.05, 4.69) is 11.2 Å². The van der Waals surface area contributed by atoms with Crippen LogP contribution < -0.4 is 10.5 Å². The summed E-state index contributed by atoms with van der Waals surface area (Å²) in [7, 11) is 1.72. The molecule has 1 aromatic carbocycles. The minimum absolute atomic E-state index is 0.396. The third kappa shape index (κ3) is 2.86. The van der Waals surface area contributed by atoms with Crippen LogP contribution in [0.5, 0.6) is 5.75 Å². The van der Waals surface area contributed by atoms with Gasteiger partial charge in [0.1, 0.15) is 23.2 Å². The molecule has 0 fully saturated rings. The lowest BCUT2D eigenvalue weighted by Gasteiger charge is -2.05. The number of nitriles is 1. The molecule has 0 atom stereocenters. The van der Waals surface area contributed by atoms with Crippen LogP contribution in [0.4, 0.5) is 5.82 Å². The molecule has 0 aliphatic heterocycles. The Hall–Kier alpha value is -2.48. The number of nitrogens with two attached hydrogens (primary N) is 1. The average Bonchev–Trinajstić information content (AvgIpc) is 2.65. The van der Waals surface area contributed by atoms with Crippen molar-refractivity contribution in [2.75, 3.05) is 12.3 Å². The van der Waals surface area contributed by atoms with Gasteiger partial charge in [0.05, 0.1) is 12.3 Å². The smallest absolute Gasteiger partial charge is 0.139 e. The number of rotatable bonds is 4. The summed E-state index contributed by atoms with van der Waals surface area (Å²) >= 11 is 0. The first kappa shape index (κ1) is 13.0. The van der Waals surface area contributed by atoms with Crippen LogP contribution in [-0.4, -0.2) is 16.4 Å². The van der Waals surface area contributed by atoms with E-state index in [4.69, 9.17) is 15.7 Å². The third-order valence-electron chi connectivity index (χ3n) is 2.87. The first-order chi connectivity index (χ1) is 9.11. The predicted molar refractivity (Wildman–Crippen MR) is 72.7 cm³/mol. The summed E-state index contributed by atoms with van der Waals surface area (Å²) in [6.07, 6.45) is 0.557. The molecule has 2 aromatic rings. The molecule has 0 aliphatic carbocycles. The third-order valence-corrected chi connectivity index (χ3v) is 2.87. The molecule has 2 N–H and O–H groups in total. The monoisotopic (exact) mass is 256 g/mol. The number of anilines is 1. The van der Waals surface area contributed by atoms with Crippen molar-refractivity contribution in [3.63, 3.8) is 0 Å². The molecule has 1 heterocycles. The Morgan fingerprint density at radius 3 is 2.95 bits per heavy atom. The van der Waals surface area contributed by atoms with Crippen molar-refractivity contribution < 1.29 is 4.74 Å². The second kappa shape index (κ2) is 5.44. The molecule has 0 radical (unpaired) electrons. The summed E-state index contributed by atoms with van der Waals surface area (Å²) in [6.45, 7) is 2.48. The Labute approximate surface area is 112 Å². The molecule has 0 unspecified atom stereocenters. The van der Waals surface area contributed by atoms with Gasteiger partial charge in [-0.3, -0.25) is 4.68 Å². The molecule has 98 valence electrons. The Kier molecular flexibility index (Phi) is 3.71. The predicted octanol–water partition coefficient (Wildman–Crippen LogP) is 1.80. The lowest BCUT2D eigenvalue weighted by Crippen LogP contribution is -2.03. The Morgan fingerprint density at radius 1 is 1.47 bits per heavy atom. The van der Waals surface area contributed by atoms with Gasteiger partial charge in [0.15, 0.2) is 0 Å². The van der Waals surface area contributed by atoms with Crippen LogP contribution in [0.25, 0.3) is 0 Å². The summed E-state index contributed by atoms with van der Waals surface area (Å²) in [5, 5.41) is 13.3. The zero-order valence-electron chi connectivity index (χ0n) is 11.1. The van der Waals surface area contributed by atoms with Gasteiger partial charge < -0.3 is 10.5 Å². The number of benzene rings is 1. The summed E-state index contributed by atoms with van der Waals surface area (Å²) in [4.78, 5) is 0. The molecule has 0 saturated heterocycles. The minimum Gasteiger partial charge on any atom is -0.493 e. The van der Waals surface area contributed by atoms with Crippen molar-refractivity contribution in [1.29, 1.82) is 5.26 Å². The maximum Gasteiger partial charge on any atom is 0.139 e. The number of hydrogen-bond acceptors (Lipinski definition) is 4.